The van der Waals surface area contributed by atoms with E-state index in [0.717, 1.165) is 23.3 Å². The first-order chi connectivity index (χ1) is 10.6. The Labute approximate surface area is 141 Å². The van der Waals surface area contributed by atoms with Crippen LogP contribution in [0.1, 0.15) is 31.7 Å². The molecule has 0 bridgehead atoms. The lowest BCUT2D eigenvalue weighted by atomic mass is 10.1. The zero-order valence-corrected chi connectivity index (χ0v) is 15.0. The van der Waals surface area contributed by atoms with Crippen LogP contribution in [0.5, 0.6) is 0 Å². The first kappa shape index (κ1) is 16.8. The molecule has 0 atom stereocenters. The van der Waals surface area contributed by atoms with Gasteiger partial charge in [-0.2, -0.15) is 4.57 Å². The molecule has 22 heavy (non-hydrogen) atoms. The minimum Gasteiger partial charge on any atom is -0.241 e. The average molecular weight is 361 g/mol. The fourth-order valence-corrected chi connectivity index (χ4v) is 2.50. The van der Waals surface area contributed by atoms with Gasteiger partial charge in [0.05, 0.1) is 6.42 Å². The lowest BCUT2D eigenvalue weighted by Gasteiger charge is -2.07. The van der Waals surface area contributed by atoms with Crippen molar-refractivity contribution in [3.63, 3.8) is 0 Å². The molecule has 2 rings (SSSR count). The molecular weight excluding hydrogens is 338 g/mol. The Bertz CT molecular complexity index is 633. The molecule has 0 fully saturated rings. The predicted octanol–water partition coefficient (Wildman–Crippen LogP) is 4.43. The van der Waals surface area contributed by atoms with Crippen LogP contribution in [0.15, 0.2) is 46.0 Å². The van der Waals surface area contributed by atoms with E-state index in [-0.39, 0.29) is 0 Å². The smallest absolute Gasteiger partial charge is 0.186 e. The molecule has 0 N–H and O–H groups in total. The Morgan fingerprint density at radius 1 is 1.27 bits per heavy atom. The van der Waals surface area contributed by atoms with E-state index in [2.05, 4.69) is 69.4 Å². The maximum Gasteiger partial charge on any atom is 0.186 e. The van der Waals surface area contributed by atoms with E-state index in [0.29, 0.717) is 5.92 Å². The molecule has 0 saturated heterocycles. The van der Waals surface area contributed by atoms with Crippen LogP contribution < -0.4 is 4.57 Å². The zero-order chi connectivity index (χ0) is 15.9. The van der Waals surface area contributed by atoms with Gasteiger partial charge in [0.1, 0.15) is 6.54 Å². The van der Waals surface area contributed by atoms with Crippen LogP contribution in [0, 0.1) is 12.8 Å². The number of hydrogen-bond donors (Lipinski definition) is 0. The van der Waals surface area contributed by atoms with Gasteiger partial charge in [0.2, 0.25) is 0 Å². The minimum atomic E-state index is 0.709. The maximum absolute atomic E-state index is 4.44. The van der Waals surface area contributed by atoms with Crippen LogP contribution in [-0.2, 0) is 13.0 Å². The summed E-state index contributed by atoms with van der Waals surface area (Å²) in [6.45, 7) is 7.75. The van der Waals surface area contributed by atoms with Crippen molar-refractivity contribution in [1.82, 2.24) is 4.98 Å². The van der Waals surface area contributed by atoms with E-state index in [1.165, 1.54) is 17.8 Å². The van der Waals surface area contributed by atoms with Gasteiger partial charge < -0.3 is 0 Å². The molecule has 0 amide bonds. The number of rotatable bonds is 6. The summed E-state index contributed by atoms with van der Waals surface area (Å²) in [5.74, 6) is 1.45. The molecule has 2 aromatic rings. The van der Waals surface area contributed by atoms with E-state index < -0.39 is 0 Å². The summed E-state index contributed by atoms with van der Waals surface area (Å²) < 4.78 is 3.36. The second-order valence-corrected chi connectivity index (χ2v) is 6.76. The first-order valence-electron chi connectivity index (χ1n) is 7.68. The second kappa shape index (κ2) is 8.18. The summed E-state index contributed by atoms with van der Waals surface area (Å²) >= 11 is 3.38. The van der Waals surface area contributed by atoms with Crippen LogP contribution in [0.4, 0.5) is 5.82 Å². The minimum absolute atomic E-state index is 0.709. The zero-order valence-electron chi connectivity index (χ0n) is 13.5. The maximum atomic E-state index is 4.44. The Morgan fingerprint density at radius 3 is 2.77 bits per heavy atom. The summed E-state index contributed by atoms with van der Waals surface area (Å²) in [5, 5.41) is 0. The van der Waals surface area contributed by atoms with E-state index in [1.807, 2.05) is 18.3 Å². The monoisotopic (exact) mass is 360 g/mol. The molecule has 0 saturated carbocycles. The van der Waals surface area contributed by atoms with Crippen molar-refractivity contribution in [2.24, 2.45) is 10.9 Å². The molecule has 0 aliphatic rings. The normalized spacial score (nSPS) is 11.5. The highest BCUT2D eigenvalue weighted by Gasteiger charge is 2.13. The number of aliphatic imine (C=N–C) groups is 1. The van der Waals surface area contributed by atoms with Gasteiger partial charge in [0, 0.05) is 42.4 Å². The van der Waals surface area contributed by atoms with Gasteiger partial charge in [0.15, 0.2) is 17.2 Å². The molecule has 0 unspecified atom stereocenters. The summed E-state index contributed by atoms with van der Waals surface area (Å²) in [7, 11) is 0. The van der Waals surface area contributed by atoms with Gasteiger partial charge in [-0.1, -0.05) is 13.8 Å². The van der Waals surface area contributed by atoms with Crippen molar-refractivity contribution in [3.05, 3.63) is 52.4 Å². The van der Waals surface area contributed by atoms with Gasteiger partial charge in [-0.25, -0.2) is 9.98 Å². The van der Waals surface area contributed by atoms with Gasteiger partial charge in [-0.05, 0) is 40.0 Å². The average Bonchev–Trinajstić information content (AvgIpc) is 2.48. The predicted molar refractivity (Wildman–Crippen MR) is 94.6 cm³/mol. The van der Waals surface area contributed by atoms with Crippen molar-refractivity contribution in [2.75, 3.05) is 0 Å². The highest BCUT2D eigenvalue weighted by molar-refractivity contribution is 9.10. The third-order valence-electron chi connectivity index (χ3n) is 3.56. The van der Waals surface area contributed by atoms with Crippen LogP contribution in [0.3, 0.4) is 0 Å². The van der Waals surface area contributed by atoms with Crippen LogP contribution in [0.25, 0.3) is 0 Å². The molecule has 4 heteroatoms. The summed E-state index contributed by atoms with van der Waals surface area (Å²) in [5.41, 5.74) is 2.59. The Morgan fingerprint density at radius 2 is 2.09 bits per heavy atom. The number of aryl methyl sites for hydroxylation is 1. The summed E-state index contributed by atoms with van der Waals surface area (Å²) in [6, 6.07) is 10.3. The Balaban J connectivity index is 2.08. The van der Waals surface area contributed by atoms with Crippen molar-refractivity contribution < 1.29 is 4.57 Å². The van der Waals surface area contributed by atoms with Crippen LogP contribution >= 0.6 is 15.9 Å². The third kappa shape index (κ3) is 5.02. The topological polar surface area (TPSA) is 29.1 Å². The SMILES string of the molecule is Cc1cccc(CC=Nc2ccc(Br)cn2)[n+]1CCC(C)C. The van der Waals surface area contributed by atoms with Crippen molar-refractivity contribution in [1.29, 1.82) is 0 Å². The summed E-state index contributed by atoms with van der Waals surface area (Å²) in [6.07, 6.45) is 5.71. The lowest BCUT2D eigenvalue weighted by Crippen LogP contribution is -2.42. The van der Waals surface area contributed by atoms with E-state index in [9.17, 15) is 0 Å². The Kier molecular flexibility index (Phi) is 6.25. The molecule has 0 aliphatic heterocycles. The summed E-state index contributed by atoms with van der Waals surface area (Å²) in [4.78, 5) is 8.70. The van der Waals surface area contributed by atoms with Gasteiger partial charge >= 0.3 is 0 Å². The molecule has 0 spiro atoms. The van der Waals surface area contributed by atoms with Crippen LogP contribution in [-0.4, -0.2) is 11.2 Å². The highest BCUT2D eigenvalue weighted by Crippen LogP contribution is 2.12. The Hall–Kier alpha value is -1.55. The number of pyridine rings is 2. The van der Waals surface area contributed by atoms with Crippen molar-refractivity contribution >= 4 is 28.0 Å². The molecule has 116 valence electrons. The number of hydrogen-bond acceptors (Lipinski definition) is 2. The van der Waals surface area contributed by atoms with E-state index in [1.54, 1.807) is 6.20 Å². The molecule has 0 aliphatic carbocycles. The molecule has 3 nitrogen and oxygen atoms in total. The van der Waals surface area contributed by atoms with Crippen molar-refractivity contribution in [3.8, 4) is 0 Å². The van der Waals surface area contributed by atoms with Gasteiger partial charge in [-0.3, -0.25) is 0 Å². The van der Waals surface area contributed by atoms with Gasteiger partial charge in [-0.15, -0.1) is 0 Å². The van der Waals surface area contributed by atoms with E-state index in [4.69, 9.17) is 0 Å². The van der Waals surface area contributed by atoms with Gasteiger partial charge in [0.25, 0.3) is 0 Å². The lowest BCUT2D eigenvalue weighted by molar-refractivity contribution is -0.710. The fraction of sp³-hybridized carbons (Fsp3) is 0.389. The molecule has 2 heterocycles. The molecule has 0 aromatic carbocycles. The number of nitrogens with zero attached hydrogens (tertiary/aromatic N) is 3. The molecule has 0 radical (unpaired) electrons. The number of aromatic nitrogens is 2. The number of halogens is 1. The second-order valence-electron chi connectivity index (χ2n) is 5.84. The standard InChI is InChI=1S/C18H23BrN3/c1-14(2)10-12-22-15(3)5-4-6-17(22)9-11-20-18-8-7-16(19)13-21-18/h4-8,11,13-14H,9-10,12H2,1-3H3/q+1. The van der Waals surface area contributed by atoms with E-state index >= 15 is 0 Å². The van der Waals surface area contributed by atoms with Crippen LogP contribution in [0.2, 0.25) is 0 Å². The first-order valence-corrected chi connectivity index (χ1v) is 8.48. The molecular formula is C18H23BrN3+. The third-order valence-corrected chi connectivity index (χ3v) is 4.03. The molecule has 2 aromatic heterocycles. The largest absolute Gasteiger partial charge is 0.241 e. The fourth-order valence-electron chi connectivity index (χ4n) is 2.27. The highest BCUT2D eigenvalue weighted by atomic mass is 79.9. The van der Waals surface area contributed by atoms with Crippen molar-refractivity contribution in [2.45, 2.75) is 40.2 Å². The quantitative estimate of drug-likeness (QED) is 0.553.